The van der Waals surface area contributed by atoms with Gasteiger partial charge in [0.05, 0.1) is 12.2 Å². The number of aryl methyl sites for hydroxylation is 2. The second kappa shape index (κ2) is 4.01. The van der Waals surface area contributed by atoms with E-state index in [2.05, 4.69) is 10.1 Å². The molecule has 0 atom stereocenters. The van der Waals surface area contributed by atoms with Gasteiger partial charge in [0.25, 0.3) is 0 Å². The normalized spacial score (nSPS) is 9.77. The Morgan fingerprint density at radius 1 is 1.54 bits per heavy atom. The van der Waals surface area contributed by atoms with E-state index in [1.165, 1.54) is 11.6 Å². The molecule has 0 aliphatic heterocycles. The van der Waals surface area contributed by atoms with Crippen LogP contribution in [0.15, 0.2) is 4.99 Å². The largest absolute Gasteiger partial charge is 0.272 e. The number of aromatic nitrogens is 2. The number of hydrogen-bond acceptors (Lipinski definition) is 3. The van der Waals surface area contributed by atoms with Gasteiger partial charge < -0.3 is 0 Å². The van der Waals surface area contributed by atoms with E-state index in [0.717, 1.165) is 17.8 Å². The second-order valence-electron chi connectivity index (χ2n) is 3.00. The molecule has 0 fully saturated rings. The Balaban J connectivity index is 2.81. The van der Waals surface area contributed by atoms with Crippen molar-refractivity contribution in [2.45, 2.75) is 20.3 Å². The standard InChI is InChI=1S/C9H13N3O/c1-7-9(4-5-10-6-13)8(2)12(3)11-7/h4-5H2,1-3H3. The molecular formula is C9H13N3O. The zero-order chi connectivity index (χ0) is 9.84. The lowest BCUT2D eigenvalue weighted by atomic mass is 10.1. The van der Waals surface area contributed by atoms with Crippen LogP contribution in [-0.2, 0) is 18.3 Å². The third-order valence-electron chi connectivity index (χ3n) is 2.20. The third-order valence-corrected chi connectivity index (χ3v) is 2.20. The van der Waals surface area contributed by atoms with Gasteiger partial charge in [-0.05, 0) is 25.8 Å². The van der Waals surface area contributed by atoms with Crippen molar-refractivity contribution in [3.05, 3.63) is 17.0 Å². The molecule has 0 bridgehead atoms. The number of carbonyl (C=O) groups excluding carboxylic acids is 1. The van der Waals surface area contributed by atoms with E-state index in [1.807, 2.05) is 25.6 Å². The lowest BCUT2D eigenvalue weighted by Gasteiger charge is -1.97. The Morgan fingerprint density at radius 2 is 2.23 bits per heavy atom. The van der Waals surface area contributed by atoms with E-state index in [1.54, 1.807) is 0 Å². The topological polar surface area (TPSA) is 47.2 Å². The van der Waals surface area contributed by atoms with Gasteiger partial charge >= 0.3 is 0 Å². The average Bonchev–Trinajstić information content (AvgIpc) is 2.32. The highest BCUT2D eigenvalue weighted by molar-refractivity contribution is 5.33. The first kappa shape index (κ1) is 9.68. The minimum atomic E-state index is 0.497. The van der Waals surface area contributed by atoms with Gasteiger partial charge in [-0.2, -0.15) is 5.10 Å². The Hall–Kier alpha value is -1.41. The quantitative estimate of drug-likeness (QED) is 0.511. The lowest BCUT2D eigenvalue weighted by molar-refractivity contribution is 0.563. The average molecular weight is 179 g/mol. The fourth-order valence-electron chi connectivity index (χ4n) is 1.39. The molecule has 1 aromatic heterocycles. The number of aliphatic imine (C=N–C) groups is 1. The van der Waals surface area contributed by atoms with Gasteiger partial charge in [-0.1, -0.05) is 0 Å². The van der Waals surface area contributed by atoms with Crippen LogP contribution < -0.4 is 0 Å². The summed E-state index contributed by atoms with van der Waals surface area (Å²) in [7, 11) is 1.91. The maximum Gasteiger partial charge on any atom is 0.234 e. The summed E-state index contributed by atoms with van der Waals surface area (Å²) >= 11 is 0. The Bertz CT molecular complexity index is 348. The molecule has 0 saturated carbocycles. The van der Waals surface area contributed by atoms with Crippen LogP contribution in [0.3, 0.4) is 0 Å². The molecule has 1 aromatic rings. The zero-order valence-corrected chi connectivity index (χ0v) is 8.16. The lowest BCUT2D eigenvalue weighted by Crippen LogP contribution is -1.95. The maximum atomic E-state index is 9.86. The smallest absolute Gasteiger partial charge is 0.234 e. The molecule has 0 aliphatic rings. The molecule has 0 saturated heterocycles. The van der Waals surface area contributed by atoms with Crippen molar-refractivity contribution < 1.29 is 4.79 Å². The van der Waals surface area contributed by atoms with E-state index in [9.17, 15) is 4.79 Å². The van der Waals surface area contributed by atoms with Gasteiger partial charge in [0, 0.05) is 12.7 Å². The predicted octanol–water partition coefficient (Wildman–Crippen LogP) is 0.915. The monoisotopic (exact) mass is 179 g/mol. The molecular weight excluding hydrogens is 166 g/mol. The van der Waals surface area contributed by atoms with Gasteiger partial charge in [-0.15, -0.1) is 0 Å². The van der Waals surface area contributed by atoms with Crippen molar-refractivity contribution in [1.29, 1.82) is 0 Å². The summed E-state index contributed by atoms with van der Waals surface area (Å²) in [6.07, 6.45) is 2.30. The van der Waals surface area contributed by atoms with Crippen LogP contribution in [0.5, 0.6) is 0 Å². The van der Waals surface area contributed by atoms with Gasteiger partial charge in [0.15, 0.2) is 0 Å². The number of hydrogen-bond donors (Lipinski definition) is 0. The van der Waals surface area contributed by atoms with Crippen molar-refractivity contribution in [1.82, 2.24) is 9.78 Å². The minimum Gasteiger partial charge on any atom is -0.272 e. The summed E-state index contributed by atoms with van der Waals surface area (Å²) in [5, 5.41) is 4.27. The summed E-state index contributed by atoms with van der Waals surface area (Å²) in [4.78, 5) is 13.4. The first-order valence-electron chi connectivity index (χ1n) is 4.19. The summed E-state index contributed by atoms with van der Waals surface area (Å²) in [5.41, 5.74) is 3.33. The maximum absolute atomic E-state index is 9.86. The first-order chi connectivity index (χ1) is 6.16. The van der Waals surface area contributed by atoms with Crippen LogP contribution in [0.25, 0.3) is 0 Å². The van der Waals surface area contributed by atoms with Crippen LogP contribution in [0.4, 0.5) is 0 Å². The van der Waals surface area contributed by atoms with Crippen molar-refractivity contribution in [3.8, 4) is 0 Å². The van der Waals surface area contributed by atoms with Gasteiger partial charge in [0.2, 0.25) is 6.08 Å². The van der Waals surface area contributed by atoms with Crippen LogP contribution in [-0.4, -0.2) is 22.4 Å². The molecule has 0 N–H and O–H groups in total. The van der Waals surface area contributed by atoms with Crippen LogP contribution >= 0.6 is 0 Å². The summed E-state index contributed by atoms with van der Waals surface area (Å²) in [5.74, 6) is 0. The Morgan fingerprint density at radius 3 is 2.69 bits per heavy atom. The Kier molecular flexibility index (Phi) is 2.98. The third kappa shape index (κ3) is 2.04. The molecule has 1 rings (SSSR count). The summed E-state index contributed by atoms with van der Waals surface area (Å²) < 4.78 is 1.84. The van der Waals surface area contributed by atoms with E-state index in [0.29, 0.717) is 6.54 Å². The molecule has 1 heterocycles. The van der Waals surface area contributed by atoms with Crippen molar-refractivity contribution in [3.63, 3.8) is 0 Å². The highest BCUT2D eigenvalue weighted by atomic mass is 16.1. The predicted molar refractivity (Wildman–Crippen MR) is 49.4 cm³/mol. The van der Waals surface area contributed by atoms with Crippen LogP contribution in [0.1, 0.15) is 17.0 Å². The van der Waals surface area contributed by atoms with Crippen LogP contribution in [0, 0.1) is 13.8 Å². The Labute approximate surface area is 77.3 Å². The van der Waals surface area contributed by atoms with E-state index >= 15 is 0 Å². The van der Waals surface area contributed by atoms with Crippen molar-refractivity contribution in [2.24, 2.45) is 12.0 Å². The minimum absolute atomic E-state index is 0.497. The number of rotatable bonds is 3. The first-order valence-corrected chi connectivity index (χ1v) is 4.19. The molecule has 4 heteroatoms. The van der Waals surface area contributed by atoms with Gasteiger partial charge in [-0.3, -0.25) is 4.68 Å². The van der Waals surface area contributed by atoms with Crippen molar-refractivity contribution >= 4 is 6.08 Å². The molecule has 0 unspecified atom stereocenters. The van der Waals surface area contributed by atoms with Gasteiger partial charge in [-0.25, -0.2) is 9.79 Å². The molecule has 70 valence electrons. The SMILES string of the molecule is Cc1nn(C)c(C)c1CCN=C=O. The van der Waals surface area contributed by atoms with Gasteiger partial charge in [0.1, 0.15) is 0 Å². The summed E-state index contributed by atoms with van der Waals surface area (Å²) in [6.45, 7) is 4.48. The highest BCUT2D eigenvalue weighted by Crippen LogP contribution is 2.12. The molecule has 0 aliphatic carbocycles. The second-order valence-corrected chi connectivity index (χ2v) is 3.00. The zero-order valence-electron chi connectivity index (χ0n) is 8.16. The molecule has 0 amide bonds. The highest BCUT2D eigenvalue weighted by Gasteiger charge is 2.07. The molecule has 0 spiro atoms. The molecule has 0 radical (unpaired) electrons. The van der Waals surface area contributed by atoms with Crippen molar-refractivity contribution in [2.75, 3.05) is 6.54 Å². The fraction of sp³-hybridized carbons (Fsp3) is 0.556. The fourth-order valence-corrected chi connectivity index (χ4v) is 1.39. The summed E-state index contributed by atoms with van der Waals surface area (Å²) in [6, 6.07) is 0. The van der Waals surface area contributed by atoms with Crippen LogP contribution in [0.2, 0.25) is 0 Å². The molecule has 4 nitrogen and oxygen atoms in total. The number of nitrogens with zero attached hydrogens (tertiary/aromatic N) is 3. The van der Waals surface area contributed by atoms with E-state index < -0.39 is 0 Å². The number of isocyanates is 1. The molecule has 0 aromatic carbocycles. The van der Waals surface area contributed by atoms with E-state index in [4.69, 9.17) is 0 Å². The molecule has 13 heavy (non-hydrogen) atoms. The van der Waals surface area contributed by atoms with E-state index in [-0.39, 0.29) is 0 Å².